The highest BCUT2D eigenvalue weighted by atomic mass is 16.3. The quantitative estimate of drug-likeness (QED) is 0.561. The fraction of sp³-hybridized carbons (Fsp3) is 0.263. The first-order valence-electron chi connectivity index (χ1n) is 8.74. The van der Waals surface area contributed by atoms with Crippen LogP contribution in [0.15, 0.2) is 42.7 Å². The third-order valence-corrected chi connectivity index (χ3v) is 4.19. The highest BCUT2D eigenvalue weighted by Crippen LogP contribution is 2.28. The van der Waals surface area contributed by atoms with Crippen LogP contribution < -0.4 is 11.1 Å². The first-order chi connectivity index (χ1) is 13.2. The highest BCUT2D eigenvalue weighted by Gasteiger charge is 2.08. The number of aromatic nitrogens is 4. The Bertz CT molecular complexity index is 908. The number of H-pyrrole nitrogens is 1. The summed E-state index contributed by atoms with van der Waals surface area (Å²) in [4.78, 5) is 7.95. The SMILES string of the molecule is N#Cc1cnc(Nc2cc(-c3ccccc3O)[nH]n2)cn1.NC1CCCC1. The van der Waals surface area contributed by atoms with E-state index < -0.39 is 0 Å². The number of rotatable bonds is 3. The number of nitrogens with one attached hydrogen (secondary N) is 2. The van der Waals surface area contributed by atoms with E-state index in [9.17, 15) is 5.11 Å². The molecule has 0 saturated heterocycles. The lowest BCUT2D eigenvalue weighted by molar-refractivity contribution is 0.477. The van der Waals surface area contributed by atoms with E-state index in [-0.39, 0.29) is 11.4 Å². The number of nitriles is 1. The van der Waals surface area contributed by atoms with Gasteiger partial charge in [-0.1, -0.05) is 25.0 Å². The Labute approximate surface area is 157 Å². The number of hydrogen-bond donors (Lipinski definition) is 4. The minimum atomic E-state index is 0.172. The molecule has 0 spiro atoms. The number of phenolic OH excluding ortho intramolecular Hbond substituents is 1. The molecule has 2 heterocycles. The summed E-state index contributed by atoms with van der Waals surface area (Å²) in [6.07, 6.45) is 8.08. The maximum atomic E-state index is 9.80. The Hall–Kier alpha value is -3.44. The average molecular weight is 363 g/mol. The van der Waals surface area contributed by atoms with E-state index in [1.54, 1.807) is 24.3 Å². The molecule has 5 N–H and O–H groups in total. The number of nitrogens with two attached hydrogens (primary N) is 1. The molecule has 0 atom stereocenters. The maximum absolute atomic E-state index is 9.80. The van der Waals surface area contributed by atoms with Gasteiger partial charge >= 0.3 is 0 Å². The van der Waals surface area contributed by atoms with Gasteiger partial charge in [0.2, 0.25) is 0 Å². The van der Waals surface area contributed by atoms with Crippen molar-refractivity contribution in [2.24, 2.45) is 5.73 Å². The smallest absolute Gasteiger partial charge is 0.158 e. The van der Waals surface area contributed by atoms with Crippen LogP contribution in [0, 0.1) is 11.3 Å². The van der Waals surface area contributed by atoms with Crippen molar-refractivity contribution in [1.29, 1.82) is 5.26 Å². The standard InChI is InChI=1S/C14H10N6O.C5H11N/c15-6-9-7-17-14(8-16-9)18-13-5-11(19-20-13)10-3-1-2-4-12(10)21;6-5-3-1-2-4-5/h1-5,7-8,21H,(H2,17,18,19,20);5H,1-4,6H2. The topological polar surface area (TPSA) is 137 Å². The fourth-order valence-corrected chi connectivity index (χ4v) is 2.76. The van der Waals surface area contributed by atoms with Gasteiger partial charge in [-0.05, 0) is 25.0 Å². The van der Waals surface area contributed by atoms with Gasteiger partial charge in [0.15, 0.2) is 11.5 Å². The first kappa shape index (κ1) is 18.4. The van der Waals surface area contributed by atoms with Gasteiger partial charge in [-0.25, -0.2) is 9.97 Å². The summed E-state index contributed by atoms with van der Waals surface area (Å²) in [5, 5.41) is 28.3. The lowest BCUT2D eigenvalue weighted by atomic mass is 10.1. The van der Waals surface area contributed by atoms with Crippen LogP contribution in [-0.2, 0) is 0 Å². The van der Waals surface area contributed by atoms with Gasteiger partial charge in [-0.3, -0.25) is 5.10 Å². The number of para-hydroxylation sites is 1. The Balaban J connectivity index is 0.000000299. The summed E-state index contributed by atoms with van der Waals surface area (Å²) in [5.41, 5.74) is 7.12. The molecule has 138 valence electrons. The van der Waals surface area contributed by atoms with Crippen LogP contribution in [0.5, 0.6) is 5.75 Å². The van der Waals surface area contributed by atoms with Gasteiger partial charge in [0, 0.05) is 17.7 Å². The van der Waals surface area contributed by atoms with E-state index >= 15 is 0 Å². The number of benzene rings is 1. The van der Waals surface area contributed by atoms with Crippen molar-refractivity contribution in [3.8, 4) is 23.1 Å². The van der Waals surface area contributed by atoms with Crippen LogP contribution in [0.4, 0.5) is 11.6 Å². The van der Waals surface area contributed by atoms with E-state index in [1.807, 2.05) is 12.1 Å². The zero-order valence-corrected chi connectivity index (χ0v) is 14.8. The molecule has 3 aromatic rings. The Morgan fingerprint density at radius 1 is 1.15 bits per heavy atom. The number of hydrogen-bond acceptors (Lipinski definition) is 7. The van der Waals surface area contributed by atoms with Crippen molar-refractivity contribution >= 4 is 11.6 Å². The van der Waals surface area contributed by atoms with Crippen molar-refractivity contribution in [2.45, 2.75) is 31.7 Å². The summed E-state index contributed by atoms with van der Waals surface area (Å²) in [6, 6.07) is 11.2. The molecule has 1 saturated carbocycles. The average Bonchev–Trinajstić information content (AvgIpc) is 3.35. The van der Waals surface area contributed by atoms with Crippen LogP contribution in [0.1, 0.15) is 31.4 Å². The van der Waals surface area contributed by atoms with Crippen molar-refractivity contribution in [1.82, 2.24) is 20.2 Å². The van der Waals surface area contributed by atoms with Crippen LogP contribution in [0.2, 0.25) is 0 Å². The number of aromatic hydroxyl groups is 1. The number of phenols is 1. The molecular weight excluding hydrogens is 342 g/mol. The normalized spacial score (nSPS) is 13.5. The molecule has 0 radical (unpaired) electrons. The van der Waals surface area contributed by atoms with Gasteiger partial charge in [0.1, 0.15) is 17.6 Å². The molecule has 2 aromatic heterocycles. The van der Waals surface area contributed by atoms with E-state index in [0.29, 0.717) is 28.9 Å². The molecule has 1 aromatic carbocycles. The third kappa shape index (κ3) is 5.03. The van der Waals surface area contributed by atoms with Crippen LogP contribution in [0.3, 0.4) is 0 Å². The van der Waals surface area contributed by atoms with E-state index in [1.165, 1.54) is 38.1 Å². The summed E-state index contributed by atoms with van der Waals surface area (Å²) >= 11 is 0. The highest BCUT2D eigenvalue weighted by molar-refractivity contribution is 5.69. The second kappa shape index (κ2) is 8.78. The van der Waals surface area contributed by atoms with E-state index in [2.05, 4.69) is 25.5 Å². The fourth-order valence-electron chi connectivity index (χ4n) is 2.76. The van der Waals surface area contributed by atoms with Crippen molar-refractivity contribution in [3.05, 3.63) is 48.4 Å². The lowest BCUT2D eigenvalue weighted by Gasteiger charge is -2.00. The number of anilines is 2. The van der Waals surface area contributed by atoms with Gasteiger partial charge < -0.3 is 16.2 Å². The molecular formula is C19H21N7O. The number of nitrogens with zero attached hydrogens (tertiary/aromatic N) is 4. The van der Waals surface area contributed by atoms with E-state index in [4.69, 9.17) is 11.0 Å². The molecule has 8 heteroatoms. The molecule has 0 aliphatic heterocycles. The van der Waals surface area contributed by atoms with Gasteiger partial charge in [-0.2, -0.15) is 10.4 Å². The first-order valence-corrected chi connectivity index (χ1v) is 8.74. The second-order valence-corrected chi connectivity index (χ2v) is 6.25. The van der Waals surface area contributed by atoms with Gasteiger partial charge in [0.25, 0.3) is 0 Å². The lowest BCUT2D eigenvalue weighted by Crippen LogP contribution is -2.13. The molecule has 0 bridgehead atoms. The molecule has 8 nitrogen and oxygen atoms in total. The molecule has 1 aliphatic rings. The minimum absolute atomic E-state index is 0.172. The molecule has 27 heavy (non-hydrogen) atoms. The van der Waals surface area contributed by atoms with Crippen LogP contribution >= 0.6 is 0 Å². The Morgan fingerprint density at radius 3 is 2.52 bits per heavy atom. The zero-order valence-electron chi connectivity index (χ0n) is 14.8. The Kier molecular flexibility index (Phi) is 5.97. The molecule has 1 fully saturated rings. The maximum Gasteiger partial charge on any atom is 0.158 e. The predicted molar refractivity (Wildman–Crippen MR) is 102 cm³/mol. The summed E-state index contributed by atoms with van der Waals surface area (Å²) in [7, 11) is 0. The van der Waals surface area contributed by atoms with Crippen LogP contribution in [-0.4, -0.2) is 31.3 Å². The number of aromatic amines is 1. The zero-order chi connectivity index (χ0) is 19.1. The Morgan fingerprint density at radius 2 is 1.93 bits per heavy atom. The third-order valence-electron chi connectivity index (χ3n) is 4.19. The van der Waals surface area contributed by atoms with Crippen molar-refractivity contribution < 1.29 is 5.11 Å². The van der Waals surface area contributed by atoms with Crippen molar-refractivity contribution in [2.75, 3.05) is 5.32 Å². The summed E-state index contributed by atoms with van der Waals surface area (Å²) < 4.78 is 0. The molecule has 4 rings (SSSR count). The summed E-state index contributed by atoms with van der Waals surface area (Å²) in [6.45, 7) is 0. The molecule has 1 aliphatic carbocycles. The van der Waals surface area contributed by atoms with Crippen LogP contribution in [0.25, 0.3) is 11.3 Å². The monoisotopic (exact) mass is 363 g/mol. The molecule has 0 amide bonds. The second-order valence-electron chi connectivity index (χ2n) is 6.25. The van der Waals surface area contributed by atoms with Gasteiger partial charge in [-0.15, -0.1) is 0 Å². The molecule has 0 unspecified atom stereocenters. The predicted octanol–water partition coefficient (Wildman–Crippen LogP) is 3.08. The van der Waals surface area contributed by atoms with E-state index in [0.717, 1.165) is 0 Å². The van der Waals surface area contributed by atoms with Crippen molar-refractivity contribution in [3.63, 3.8) is 0 Å². The van der Waals surface area contributed by atoms with Gasteiger partial charge in [0.05, 0.1) is 18.1 Å². The minimum Gasteiger partial charge on any atom is -0.507 e. The summed E-state index contributed by atoms with van der Waals surface area (Å²) in [5.74, 6) is 1.18. The largest absolute Gasteiger partial charge is 0.507 e.